The van der Waals surface area contributed by atoms with Crippen molar-refractivity contribution in [2.24, 2.45) is 0 Å². The van der Waals surface area contributed by atoms with Gasteiger partial charge in [0.25, 0.3) is 0 Å². The highest BCUT2D eigenvalue weighted by atomic mass is 127. The fraction of sp³-hybridized carbons (Fsp3) is 1.00. The third-order valence-corrected chi connectivity index (χ3v) is 5.03. The predicted octanol–water partition coefficient (Wildman–Crippen LogP) is 6.86. The average Bonchev–Trinajstić information content (AvgIpc) is 2.38. The van der Waals surface area contributed by atoms with Gasteiger partial charge in [-0.3, -0.25) is 0 Å². The topological polar surface area (TPSA) is 0 Å². The molecule has 0 saturated heterocycles. The molecule has 0 aliphatic heterocycles. The van der Waals surface area contributed by atoms with Crippen molar-refractivity contribution >= 4 is 34.4 Å². The van der Waals surface area contributed by atoms with Crippen LogP contribution in [-0.2, 0) is 0 Å². The van der Waals surface area contributed by atoms with Crippen LogP contribution in [0.1, 0.15) is 57.8 Å². The number of hydrogen-bond donors (Lipinski definition) is 0. The van der Waals surface area contributed by atoms with Gasteiger partial charge in [0, 0.05) is 6.42 Å². The van der Waals surface area contributed by atoms with Crippen molar-refractivity contribution < 1.29 is 22.0 Å². The molecular formula is C14H24F5IS. The Balaban J connectivity index is 3.30. The molecule has 0 aliphatic carbocycles. The van der Waals surface area contributed by atoms with E-state index in [-0.39, 0.29) is 6.42 Å². The summed E-state index contributed by atoms with van der Waals surface area (Å²) in [5, 5.41) is 0. The third kappa shape index (κ3) is 11.9. The normalized spacial score (nSPS) is 12.9. The fourth-order valence-corrected chi connectivity index (χ4v) is 3.32. The minimum absolute atomic E-state index is 0.0898. The second kappa shape index (κ2) is 12.2. The molecule has 0 atom stereocenters. The van der Waals surface area contributed by atoms with Gasteiger partial charge in [-0.1, -0.05) is 54.7 Å². The zero-order valence-electron chi connectivity index (χ0n) is 12.2. The molecule has 0 aliphatic rings. The van der Waals surface area contributed by atoms with Gasteiger partial charge in [-0.2, -0.15) is 33.7 Å². The van der Waals surface area contributed by atoms with Crippen molar-refractivity contribution in [2.75, 3.05) is 15.9 Å². The quantitative estimate of drug-likeness (QED) is 0.129. The summed E-state index contributed by atoms with van der Waals surface area (Å²) in [7, 11) is 0. The lowest BCUT2D eigenvalue weighted by atomic mass is 10.1. The van der Waals surface area contributed by atoms with Crippen molar-refractivity contribution in [2.45, 2.75) is 69.9 Å². The molecule has 0 heterocycles. The summed E-state index contributed by atoms with van der Waals surface area (Å²) in [6, 6.07) is 0. The largest absolute Gasteiger partial charge is 0.453 e. The molecule has 0 spiro atoms. The lowest BCUT2D eigenvalue weighted by molar-refractivity contribution is -0.284. The van der Waals surface area contributed by atoms with Gasteiger partial charge in [-0.05, 0) is 35.2 Å². The van der Waals surface area contributed by atoms with Crippen LogP contribution in [0, 0.1) is 0 Å². The van der Waals surface area contributed by atoms with E-state index in [4.69, 9.17) is 0 Å². The molecule has 7 heteroatoms. The number of halogens is 6. The molecule has 0 aromatic rings. The Labute approximate surface area is 142 Å². The van der Waals surface area contributed by atoms with Crippen molar-refractivity contribution in [3.63, 3.8) is 0 Å². The maximum atomic E-state index is 12.6. The van der Waals surface area contributed by atoms with E-state index in [0.29, 0.717) is 5.75 Å². The zero-order chi connectivity index (χ0) is 16.2. The van der Waals surface area contributed by atoms with Crippen LogP contribution < -0.4 is 0 Å². The van der Waals surface area contributed by atoms with Crippen molar-refractivity contribution in [1.82, 2.24) is 0 Å². The summed E-state index contributed by atoms with van der Waals surface area (Å²) in [5.41, 5.74) is 0. The Morgan fingerprint density at radius 1 is 0.667 bits per heavy atom. The summed E-state index contributed by atoms with van der Waals surface area (Å²) in [6.07, 6.45) is 1.80. The van der Waals surface area contributed by atoms with Crippen LogP contribution in [0.25, 0.3) is 0 Å². The molecule has 0 unspecified atom stereocenters. The van der Waals surface area contributed by atoms with E-state index >= 15 is 0 Å². The number of thioether (sulfide) groups is 1. The van der Waals surface area contributed by atoms with Crippen LogP contribution in [0.2, 0.25) is 0 Å². The van der Waals surface area contributed by atoms with Gasteiger partial charge in [0.1, 0.15) is 0 Å². The summed E-state index contributed by atoms with van der Waals surface area (Å²) >= 11 is 3.85. The molecule has 0 N–H and O–H groups in total. The molecule has 0 nitrogen and oxygen atoms in total. The minimum Gasteiger partial charge on any atom is -0.196 e. The Hall–Kier alpha value is 0.730. The standard InChI is InChI=1S/C14H24F5IS/c15-13(16,14(17,18)19)9-8-12-21-11-7-5-3-1-2-4-6-10-20/h1-12H2. The first-order valence-electron chi connectivity index (χ1n) is 7.39. The molecular weight excluding hydrogens is 422 g/mol. The number of hydrogen-bond acceptors (Lipinski definition) is 1. The molecule has 0 fully saturated rings. The molecule has 0 amide bonds. The minimum atomic E-state index is -5.41. The van der Waals surface area contributed by atoms with Crippen LogP contribution in [0.3, 0.4) is 0 Å². The first-order chi connectivity index (χ1) is 9.81. The van der Waals surface area contributed by atoms with Crippen molar-refractivity contribution in [3.8, 4) is 0 Å². The van der Waals surface area contributed by atoms with Crippen LogP contribution in [0.4, 0.5) is 22.0 Å². The average molecular weight is 446 g/mol. The number of alkyl halides is 6. The van der Waals surface area contributed by atoms with Crippen molar-refractivity contribution in [3.05, 3.63) is 0 Å². The van der Waals surface area contributed by atoms with E-state index in [0.717, 1.165) is 18.6 Å². The van der Waals surface area contributed by atoms with Crippen LogP contribution in [0.5, 0.6) is 0 Å². The van der Waals surface area contributed by atoms with Gasteiger partial charge < -0.3 is 0 Å². The molecule has 0 bridgehead atoms. The van der Waals surface area contributed by atoms with Gasteiger partial charge in [0.2, 0.25) is 0 Å². The van der Waals surface area contributed by atoms with Crippen LogP contribution >= 0.6 is 34.4 Å². The lowest BCUT2D eigenvalue weighted by Crippen LogP contribution is -2.36. The summed E-state index contributed by atoms with van der Waals surface area (Å²) in [6.45, 7) is 0. The van der Waals surface area contributed by atoms with E-state index in [1.165, 1.54) is 48.3 Å². The predicted molar refractivity (Wildman–Crippen MR) is 88.8 cm³/mol. The van der Waals surface area contributed by atoms with Crippen LogP contribution in [0.15, 0.2) is 0 Å². The zero-order valence-corrected chi connectivity index (χ0v) is 15.1. The van der Waals surface area contributed by atoms with E-state index in [1.54, 1.807) is 0 Å². The van der Waals surface area contributed by atoms with Gasteiger partial charge in [0.05, 0.1) is 0 Å². The second-order valence-corrected chi connectivity index (χ2v) is 7.39. The van der Waals surface area contributed by atoms with Crippen LogP contribution in [-0.4, -0.2) is 28.0 Å². The molecule has 0 aromatic carbocycles. The highest BCUT2D eigenvalue weighted by Gasteiger charge is 2.56. The first-order valence-corrected chi connectivity index (χ1v) is 10.1. The van der Waals surface area contributed by atoms with E-state index in [2.05, 4.69) is 22.6 Å². The smallest absolute Gasteiger partial charge is 0.196 e. The lowest BCUT2D eigenvalue weighted by Gasteiger charge is -2.19. The van der Waals surface area contributed by atoms with E-state index in [9.17, 15) is 22.0 Å². The molecule has 128 valence electrons. The summed E-state index contributed by atoms with van der Waals surface area (Å²) in [4.78, 5) is 0. The Morgan fingerprint density at radius 2 is 1.14 bits per heavy atom. The molecule has 21 heavy (non-hydrogen) atoms. The first kappa shape index (κ1) is 21.7. The van der Waals surface area contributed by atoms with Gasteiger partial charge in [-0.25, -0.2) is 0 Å². The van der Waals surface area contributed by atoms with E-state index < -0.39 is 18.5 Å². The highest BCUT2D eigenvalue weighted by molar-refractivity contribution is 14.1. The molecule has 0 aromatic heterocycles. The van der Waals surface area contributed by atoms with Gasteiger partial charge >= 0.3 is 12.1 Å². The Morgan fingerprint density at radius 3 is 1.67 bits per heavy atom. The number of rotatable bonds is 13. The number of unbranched alkanes of at least 4 members (excludes halogenated alkanes) is 6. The SMILES string of the molecule is FC(F)(F)C(F)(F)CCCSCCCCCCCCCI. The second-order valence-electron chi connectivity index (χ2n) is 5.08. The Bertz CT molecular complexity index is 246. The third-order valence-electron chi connectivity index (χ3n) is 3.12. The molecule has 0 saturated carbocycles. The van der Waals surface area contributed by atoms with Crippen molar-refractivity contribution in [1.29, 1.82) is 0 Å². The summed E-state index contributed by atoms with van der Waals surface area (Å²) < 4.78 is 62.1. The van der Waals surface area contributed by atoms with Gasteiger partial charge in [-0.15, -0.1) is 0 Å². The maximum absolute atomic E-state index is 12.6. The highest BCUT2D eigenvalue weighted by Crippen LogP contribution is 2.39. The molecule has 0 rings (SSSR count). The van der Waals surface area contributed by atoms with Gasteiger partial charge in [0.15, 0.2) is 0 Å². The Kier molecular flexibility index (Phi) is 12.6. The van der Waals surface area contributed by atoms with E-state index in [1.807, 2.05) is 0 Å². The summed E-state index contributed by atoms with van der Waals surface area (Å²) in [5.74, 6) is -3.31. The maximum Gasteiger partial charge on any atom is 0.453 e. The monoisotopic (exact) mass is 446 g/mol. The molecule has 0 radical (unpaired) electrons. The fourth-order valence-electron chi connectivity index (χ4n) is 1.82.